The van der Waals surface area contributed by atoms with Gasteiger partial charge in [0.2, 0.25) is 0 Å². The van der Waals surface area contributed by atoms with Gasteiger partial charge in [-0.25, -0.2) is 14.6 Å². The number of ether oxygens (including phenoxy) is 1. The topological polar surface area (TPSA) is 107 Å². The second-order valence-corrected chi connectivity index (χ2v) is 10.5. The quantitative estimate of drug-likeness (QED) is 0.310. The van der Waals surface area contributed by atoms with Gasteiger partial charge in [-0.15, -0.1) is 0 Å². The fourth-order valence-corrected chi connectivity index (χ4v) is 5.20. The SMILES string of the molecule is O=C(O)C(CCN(CCCCc1ccc2c(n1)NCCC2)CCOc1ccccc1)NC(=O)N1CCCCC1. The van der Waals surface area contributed by atoms with Crippen molar-refractivity contribution in [3.05, 3.63) is 53.7 Å². The first-order chi connectivity index (χ1) is 19.1. The van der Waals surface area contributed by atoms with Crippen molar-refractivity contribution in [2.45, 2.75) is 63.8 Å². The number of pyridine rings is 1. The highest BCUT2D eigenvalue weighted by Crippen LogP contribution is 2.20. The molecular weight excluding hydrogens is 494 g/mol. The number of rotatable bonds is 14. The van der Waals surface area contributed by atoms with Crippen molar-refractivity contribution in [3.8, 4) is 5.75 Å². The summed E-state index contributed by atoms with van der Waals surface area (Å²) in [7, 11) is 0. The molecule has 3 heterocycles. The summed E-state index contributed by atoms with van der Waals surface area (Å²) in [6.07, 6.45) is 8.52. The summed E-state index contributed by atoms with van der Waals surface area (Å²) in [6, 6.07) is 12.9. The minimum absolute atomic E-state index is 0.270. The number of unbranched alkanes of at least 4 members (excludes halogenated alkanes) is 1. The molecule has 2 aliphatic heterocycles. The number of carbonyl (C=O) groups excluding carboxylic acids is 1. The molecule has 1 aromatic carbocycles. The summed E-state index contributed by atoms with van der Waals surface area (Å²) in [5.74, 6) is 0.861. The van der Waals surface area contributed by atoms with Gasteiger partial charge in [-0.05, 0) is 88.1 Å². The van der Waals surface area contributed by atoms with Crippen LogP contribution >= 0.6 is 0 Å². The first-order valence-electron chi connectivity index (χ1n) is 14.5. The number of nitrogens with one attached hydrogen (secondary N) is 2. The Kier molecular flexibility index (Phi) is 11.3. The van der Waals surface area contributed by atoms with Gasteiger partial charge in [0.1, 0.15) is 24.2 Å². The van der Waals surface area contributed by atoms with Gasteiger partial charge in [-0.3, -0.25) is 4.90 Å². The summed E-state index contributed by atoms with van der Waals surface area (Å²) in [5.41, 5.74) is 2.41. The summed E-state index contributed by atoms with van der Waals surface area (Å²) in [4.78, 5) is 33.4. The standard InChI is InChI=1S/C30H43N5O4/c36-29(37)27(33-30(38)35-19-6-2-7-20-35)16-21-34(22-23-39-26-12-3-1-4-13-26)18-8-5-11-25-15-14-24-10-9-17-31-28(24)32-25/h1,3-4,12-15,27H,2,5-11,16-23H2,(H,31,32)(H,33,38)(H,36,37). The molecule has 9 heteroatoms. The Morgan fingerprint density at radius 3 is 2.64 bits per heavy atom. The van der Waals surface area contributed by atoms with Crippen molar-refractivity contribution in [3.63, 3.8) is 0 Å². The molecule has 9 nitrogen and oxygen atoms in total. The zero-order valence-corrected chi connectivity index (χ0v) is 22.9. The molecule has 3 N–H and O–H groups in total. The highest BCUT2D eigenvalue weighted by Gasteiger charge is 2.24. The van der Waals surface area contributed by atoms with Crippen LogP contribution in [0.1, 0.15) is 56.2 Å². The second kappa shape index (κ2) is 15.3. The lowest BCUT2D eigenvalue weighted by Gasteiger charge is -2.29. The van der Waals surface area contributed by atoms with Gasteiger partial charge in [0.15, 0.2) is 0 Å². The van der Waals surface area contributed by atoms with E-state index < -0.39 is 12.0 Å². The zero-order valence-electron chi connectivity index (χ0n) is 22.9. The van der Waals surface area contributed by atoms with E-state index >= 15 is 0 Å². The monoisotopic (exact) mass is 537 g/mol. The number of benzene rings is 1. The number of carboxylic acids is 1. The first-order valence-corrected chi connectivity index (χ1v) is 14.5. The number of aryl methyl sites for hydroxylation is 2. The number of aromatic nitrogens is 1. The number of anilines is 1. The van der Waals surface area contributed by atoms with Gasteiger partial charge < -0.3 is 25.4 Å². The average Bonchev–Trinajstić information content (AvgIpc) is 2.97. The summed E-state index contributed by atoms with van der Waals surface area (Å²) in [6.45, 7) is 4.96. The number of likely N-dealkylation sites (tertiary alicyclic amines) is 1. The lowest BCUT2D eigenvalue weighted by molar-refractivity contribution is -0.139. The fraction of sp³-hybridized carbons (Fsp3) is 0.567. The van der Waals surface area contributed by atoms with Crippen molar-refractivity contribution in [2.24, 2.45) is 0 Å². The Bertz CT molecular complexity index is 1040. The van der Waals surface area contributed by atoms with Crippen molar-refractivity contribution >= 4 is 17.8 Å². The molecule has 2 aromatic rings. The molecule has 1 aromatic heterocycles. The summed E-state index contributed by atoms with van der Waals surface area (Å²) < 4.78 is 5.91. The molecule has 2 aliphatic rings. The Morgan fingerprint density at radius 1 is 1.03 bits per heavy atom. The van der Waals surface area contributed by atoms with Crippen molar-refractivity contribution in [1.82, 2.24) is 20.1 Å². The van der Waals surface area contributed by atoms with E-state index in [4.69, 9.17) is 9.72 Å². The van der Waals surface area contributed by atoms with Crippen LogP contribution in [0, 0.1) is 0 Å². The van der Waals surface area contributed by atoms with Gasteiger partial charge in [0.05, 0.1) is 0 Å². The fourth-order valence-electron chi connectivity index (χ4n) is 5.20. The van der Waals surface area contributed by atoms with Crippen molar-refractivity contribution in [2.75, 3.05) is 51.2 Å². The van der Waals surface area contributed by atoms with E-state index in [0.29, 0.717) is 39.2 Å². The molecule has 4 rings (SSSR count). The summed E-state index contributed by atoms with van der Waals surface area (Å²) >= 11 is 0. The number of aliphatic carboxylic acids is 1. The minimum Gasteiger partial charge on any atom is -0.492 e. The maximum atomic E-state index is 12.6. The van der Waals surface area contributed by atoms with Crippen LogP contribution < -0.4 is 15.4 Å². The second-order valence-electron chi connectivity index (χ2n) is 10.5. The van der Waals surface area contributed by atoms with Gasteiger partial charge in [-0.1, -0.05) is 24.3 Å². The van der Waals surface area contributed by atoms with Crippen LogP contribution in [0.25, 0.3) is 0 Å². The molecule has 1 unspecified atom stereocenters. The number of carbonyl (C=O) groups is 2. The number of piperidine rings is 1. The van der Waals surface area contributed by atoms with E-state index in [9.17, 15) is 14.7 Å². The van der Waals surface area contributed by atoms with Gasteiger partial charge in [-0.2, -0.15) is 0 Å². The van der Waals surface area contributed by atoms with Gasteiger partial charge in [0.25, 0.3) is 0 Å². The smallest absolute Gasteiger partial charge is 0.326 e. The lowest BCUT2D eigenvalue weighted by Crippen LogP contribution is -2.50. The molecule has 0 saturated carbocycles. The van der Waals surface area contributed by atoms with Crippen LogP contribution in [0.15, 0.2) is 42.5 Å². The number of para-hydroxylation sites is 1. The average molecular weight is 538 g/mol. The summed E-state index contributed by atoms with van der Waals surface area (Å²) in [5, 5.41) is 16.0. The number of amides is 2. The minimum atomic E-state index is -0.993. The number of carboxylic acid groups (broad SMARTS) is 1. The highest BCUT2D eigenvalue weighted by molar-refractivity contribution is 5.82. The molecule has 1 saturated heterocycles. The molecule has 1 atom stereocenters. The number of hydrogen-bond donors (Lipinski definition) is 3. The molecule has 0 bridgehead atoms. The molecule has 0 radical (unpaired) electrons. The van der Waals surface area contributed by atoms with Crippen LogP contribution in [-0.2, 0) is 17.6 Å². The molecule has 1 fully saturated rings. The number of hydrogen-bond acceptors (Lipinski definition) is 6. The van der Waals surface area contributed by atoms with Crippen molar-refractivity contribution in [1.29, 1.82) is 0 Å². The van der Waals surface area contributed by atoms with Crippen LogP contribution in [0.4, 0.5) is 10.6 Å². The van der Waals surface area contributed by atoms with Crippen LogP contribution in [-0.4, -0.2) is 83.8 Å². The van der Waals surface area contributed by atoms with E-state index in [2.05, 4.69) is 27.7 Å². The predicted octanol–water partition coefficient (Wildman–Crippen LogP) is 4.18. The Balaban J connectivity index is 1.27. The predicted molar refractivity (Wildman–Crippen MR) is 152 cm³/mol. The van der Waals surface area contributed by atoms with Crippen LogP contribution in [0.2, 0.25) is 0 Å². The van der Waals surface area contributed by atoms with E-state index in [-0.39, 0.29) is 6.03 Å². The third-order valence-electron chi connectivity index (χ3n) is 7.50. The Hall–Kier alpha value is -3.33. The zero-order chi connectivity index (χ0) is 27.3. The van der Waals surface area contributed by atoms with Gasteiger partial charge in [0, 0.05) is 38.4 Å². The third-order valence-corrected chi connectivity index (χ3v) is 7.50. The normalized spacial score (nSPS) is 15.8. The molecule has 212 valence electrons. The van der Waals surface area contributed by atoms with Crippen molar-refractivity contribution < 1.29 is 19.4 Å². The Morgan fingerprint density at radius 2 is 1.85 bits per heavy atom. The maximum Gasteiger partial charge on any atom is 0.326 e. The van der Waals surface area contributed by atoms with Gasteiger partial charge >= 0.3 is 12.0 Å². The van der Waals surface area contributed by atoms with Crippen LogP contribution in [0.5, 0.6) is 5.75 Å². The maximum absolute atomic E-state index is 12.6. The highest BCUT2D eigenvalue weighted by atomic mass is 16.5. The first kappa shape index (κ1) is 28.7. The van der Waals surface area contributed by atoms with E-state index in [1.54, 1.807) is 4.90 Å². The molecule has 0 spiro atoms. The molecular formula is C30H43N5O4. The molecule has 0 aliphatic carbocycles. The molecule has 39 heavy (non-hydrogen) atoms. The Labute approximate surface area is 231 Å². The van der Waals surface area contributed by atoms with E-state index in [1.165, 1.54) is 5.56 Å². The van der Waals surface area contributed by atoms with E-state index in [0.717, 1.165) is 81.7 Å². The number of urea groups is 1. The van der Waals surface area contributed by atoms with Crippen LogP contribution in [0.3, 0.4) is 0 Å². The molecule has 2 amide bonds. The third kappa shape index (κ3) is 9.42. The lowest BCUT2D eigenvalue weighted by atomic mass is 10.1. The number of nitrogens with zero attached hydrogens (tertiary/aromatic N) is 3. The largest absolute Gasteiger partial charge is 0.492 e. The van der Waals surface area contributed by atoms with E-state index in [1.807, 2.05) is 30.3 Å². The number of fused-ring (bicyclic) bond motifs is 1.